The van der Waals surface area contributed by atoms with E-state index < -0.39 is 5.82 Å². The molecule has 0 spiro atoms. The van der Waals surface area contributed by atoms with Gasteiger partial charge in [0.2, 0.25) is 0 Å². The molecule has 9 nitrogen and oxygen atoms in total. The van der Waals surface area contributed by atoms with E-state index in [-0.39, 0.29) is 16.8 Å². The molecule has 0 saturated heterocycles. The molecule has 11 heteroatoms. The van der Waals surface area contributed by atoms with Gasteiger partial charge in [0, 0.05) is 43.1 Å². The molecule has 1 aromatic carbocycles. The van der Waals surface area contributed by atoms with Gasteiger partial charge in [-0.25, -0.2) is 14.4 Å². The van der Waals surface area contributed by atoms with E-state index in [0.29, 0.717) is 59.2 Å². The third-order valence-electron chi connectivity index (χ3n) is 6.38. The van der Waals surface area contributed by atoms with Crippen LogP contribution >= 0.6 is 11.6 Å². The lowest BCUT2D eigenvalue weighted by molar-refractivity contribution is -0.110. The van der Waals surface area contributed by atoms with Crippen molar-refractivity contribution in [1.29, 1.82) is 0 Å². The second-order valence-electron chi connectivity index (χ2n) is 9.07. The zero-order valence-electron chi connectivity index (χ0n) is 20.1. The van der Waals surface area contributed by atoms with Crippen LogP contribution in [-0.4, -0.2) is 70.3 Å². The van der Waals surface area contributed by atoms with Crippen LogP contribution in [0.25, 0.3) is 11.6 Å². The number of carbonyl (C=O) groups is 2. The Morgan fingerprint density at radius 2 is 2.06 bits per heavy atom. The Kier molecular flexibility index (Phi) is 6.23. The fraction of sp³-hybridized carbons (Fsp3) is 0.280. The topological polar surface area (TPSA) is 106 Å². The van der Waals surface area contributed by atoms with Crippen molar-refractivity contribution in [3.05, 3.63) is 63.4 Å². The summed E-state index contributed by atoms with van der Waals surface area (Å²) in [5, 5.41) is 5.82. The predicted molar refractivity (Wildman–Crippen MR) is 137 cm³/mol. The number of likely N-dealkylation sites (N-methyl/N-ethyl adjacent to an activating group) is 1. The van der Waals surface area contributed by atoms with Gasteiger partial charge in [0.05, 0.1) is 21.7 Å². The number of nitrogens with one attached hydrogen (secondary N) is 3. The maximum Gasteiger partial charge on any atom is 0.257 e. The van der Waals surface area contributed by atoms with Crippen LogP contribution in [0.5, 0.6) is 0 Å². The molecule has 4 heterocycles. The standard InChI is InChI=1S/C25H25ClFN7O2/c1-13-19(31-18-6-7-34(9-8-33(2)3)25(36)20(13)18)11-15-21-22(28-12-29-23(21)32-24(15)35)30-14-4-5-17(27)16(26)10-14/h4-5,10-12,31H,6-9H2,1-3H3,(H2,28,29,30,32,35). The predicted octanol–water partition coefficient (Wildman–Crippen LogP) is 3.70. The number of aromatic nitrogens is 3. The molecule has 0 aliphatic carbocycles. The van der Waals surface area contributed by atoms with E-state index >= 15 is 0 Å². The number of anilines is 3. The maximum atomic E-state index is 13.6. The summed E-state index contributed by atoms with van der Waals surface area (Å²) in [6.45, 7) is 3.96. The number of amides is 2. The van der Waals surface area contributed by atoms with Crippen molar-refractivity contribution >= 4 is 52.4 Å². The molecule has 0 radical (unpaired) electrons. The van der Waals surface area contributed by atoms with Crippen molar-refractivity contribution in [2.45, 2.75) is 13.3 Å². The van der Waals surface area contributed by atoms with E-state index in [1.807, 2.05) is 30.8 Å². The SMILES string of the molecule is Cc1c(C=C2C(=O)Nc3ncnc(Nc4ccc(F)c(Cl)c4)c32)[nH]c2c1C(=O)N(CCN(C)C)CC2. The Balaban J connectivity index is 1.50. The van der Waals surface area contributed by atoms with E-state index in [1.54, 1.807) is 6.08 Å². The summed E-state index contributed by atoms with van der Waals surface area (Å²) in [6.07, 6.45) is 3.76. The van der Waals surface area contributed by atoms with E-state index in [9.17, 15) is 14.0 Å². The summed E-state index contributed by atoms with van der Waals surface area (Å²) in [4.78, 5) is 41.9. The normalized spacial score (nSPS) is 15.9. The van der Waals surface area contributed by atoms with Gasteiger partial charge in [-0.2, -0.15) is 0 Å². The van der Waals surface area contributed by atoms with Gasteiger partial charge in [-0.1, -0.05) is 11.6 Å². The van der Waals surface area contributed by atoms with Gasteiger partial charge in [-0.3, -0.25) is 9.59 Å². The number of hydrogen-bond donors (Lipinski definition) is 3. The first-order chi connectivity index (χ1) is 17.2. The van der Waals surface area contributed by atoms with E-state index in [1.165, 1.54) is 24.5 Å². The molecule has 0 saturated carbocycles. The Morgan fingerprint density at radius 1 is 1.25 bits per heavy atom. The minimum Gasteiger partial charge on any atom is -0.358 e. The van der Waals surface area contributed by atoms with Crippen molar-refractivity contribution in [2.24, 2.45) is 0 Å². The van der Waals surface area contributed by atoms with Crippen LogP contribution in [0.3, 0.4) is 0 Å². The first-order valence-electron chi connectivity index (χ1n) is 11.5. The first-order valence-corrected chi connectivity index (χ1v) is 11.9. The number of nitrogens with zero attached hydrogens (tertiary/aromatic N) is 4. The van der Waals surface area contributed by atoms with Gasteiger partial charge in [0.15, 0.2) is 0 Å². The molecule has 2 aliphatic rings. The Labute approximate surface area is 212 Å². The molecule has 0 bridgehead atoms. The Bertz CT molecular complexity index is 1420. The number of fused-ring (bicyclic) bond motifs is 2. The Morgan fingerprint density at radius 3 is 2.81 bits per heavy atom. The molecule has 36 heavy (non-hydrogen) atoms. The van der Waals surface area contributed by atoms with Gasteiger partial charge in [0.25, 0.3) is 11.8 Å². The summed E-state index contributed by atoms with van der Waals surface area (Å²) in [5.74, 6) is -0.152. The summed E-state index contributed by atoms with van der Waals surface area (Å²) in [7, 11) is 3.96. The highest BCUT2D eigenvalue weighted by Gasteiger charge is 2.32. The number of carbonyl (C=O) groups excluding carboxylic acids is 2. The number of halogens is 2. The minimum absolute atomic E-state index is 0.00773. The zero-order valence-corrected chi connectivity index (χ0v) is 20.8. The first kappa shape index (κ1) is 24.0. The lowest BCUT2D eigenvalue weighted by Crippen LogP contribution is -2.41. The van der Waals surface area contributed by atoms with E-state index in [4.69, 9.17) is 11.6 Å². The summed E-state index contributed by atoms with van der Waals surface area (Å²) >= 11 is 5.92. The molecule has 3 aromatic rings. The lowest BCUT2D eigenvalue weighted by Gasteiger charge is -2.28. The molecule has 2 amide bonds. The second-order valence-corrected chi connectivity index (χ2v) is 9.48. The number of rotatable bonds is 6. The van der Waals surface area contributed by atoms with Crippen LogP contribution in [0.1, 0.15) is 32.9 Å². The summed E-state index contributed by atoms with van der Waals surface area (Å²) in [5.41, 5.74) is 4.34. The quantitative estimate of drug-likeness (QED) is 0.437. The highest BCUT2D eigenvalue weighted by Crippen LogP contribution is 2.38. The van der Waals surface area contributed by atoms with Gasteiger partial charge in [-0.15, -0.1) is 0 Å². The number of hydrogen-bond acceptors (Lipinski definition) is 6. The number of H-pyrrole nitrogens is 1. The summed E-state index contributed by atoms with van der Waals surface area (Å²) < 4.78 is 13.6. The lowest BCUT2D eigenvalue weighted by atomic mass is 10.0. The van der Waals surface area contributed by atoms with Crippen molar-refractivity contribution in [3.63, 3.8) is 0 Å². The third-order valence-corrected chi connectivity index (χ3v) is 6.67. The molecular weight excluding hydrogens is 485 g/mol. The van der Waals surface area contributed by atoms with E-state index in [0.717, 1.165) is 17.8 Å². The van der Waals surface area contributed by atoms with Crippen LogP contribution in [0.15, 0.2) is 24.5 Å². The van der Waals surface area contributed by atoms with Crippen molar-refractivity contribution in [1.82, 2.24) is 24.8 Å². The van der Waals surface area contributed by atoms with Crippen molar-refractivity contribution in [3.8, 4) is 0 Å². The van der Waals surface area contributed by atoms with Crippen LogP contribution in [0.2, 0.25) is 5.02 Å². The molecule has 186 valence electrons. The maximum absolute atomic E-state index is 13.6. The van der Waals surface area contributed by atoms with Gasteiger partial charge < -0.3 is 25.4 Å². The molecule has 0 unspecified atom stereocenters. The van der Waals surface area contributed by atoms with Crippen LogP contribution in [0.4, 0.5) is 21.7 Å². The number of benzene rings is 1. The van der Waals surface area contributed by atoms with Gasteiger partial charge in [-0.05, 0) is 50.9 Å². The average molecular weight is 510 g/mol. The monoisotopic (exact) mass is 509 g/mol. The van der Waals surface area contributed by atoms with Crippen LogP contribution < -0.4 is 10.6 Å². The second kappa shape index (κ2) is 9.36. The number of aromatic amines is 1. The minimum atomic E-state index is -0.534. The van der Waals surface area contributed by atoms with E-state index in [2.05, 4.69) is 25.6 Å². The molecule has 0 atom stereocenters. The summed E-state index contributed by atoms with van der Waals surface area (Å²) in [6, 6.07) is 4.22. The van der Waals surface area contributed by atoms with Crippen molar-refractivity contribution in [2.75, 3.05) is 44.4 Å². The van der Waals surface area contributed by atoms with Gasteiger partial charge >= 0.3 is 0 Å². The fourth-order valence-corrected chi connectivity index (χ4v) is 4.63. The largest absolute Gasteiger partial charge is 0.358 e. The molecule has 2 aromatic heterocycles. The molecular formula is C25H25ClFN7O2. The smallest absolute Gasteiger partial charge is 0.257 e. The van der Waals surface area contributed by atoms with Crippen LogP contribution in [-0.2, 0) is 11.2 Å². The molecule has 3 N–H and O–H groups in total. The highest BCUT2D eigenvalue weighted by molar-refractivity contribution is 6.35. The Hall–Kier alpha value is -3.76. The molecule has 0 fully saturated rings. The highest BCUT2D eigenvalue weighted by atomic mass is 35.5. The third kappa shape index (κ3) is 4.33. The van der Waals surface area contributed by atoms with Gasteiger partial charge in [0.1, 0.15) is 23.8 Å². The van der Waals surface area contributed by atoms with Crippen LogP contribution in [0, 0.1) is 12.7 Å². The van der Waals surface area contributed by atoms with Crippen molar-refractivity contribution < 1.29 is 14.0 Å². The zero-order chi connectivity index (χ0) is 25.6. The molecule has 5 rings (SSSR count). The average Bonchev–Trinajstić information content (AvgIpc) is 3.33. The fourth-order valence-electron chi connectivity index (χ4n) is 4.45. The molecule has 2 aliphatic heterocycles.